The first-order valence-electron chi connectivity index (χ1n) is 11.5. The minimum absolute atomic E-state index is 0.0318. The van der Waals surface area contributed by atoms with Crippen molar-refractivity contribution in [3.8, 4) is 23.6 Å². The number of esters is 2. The van der Waals surface area contributed by atoms with Crippen LogP contribution in [0.4, 0.5) is 19.1 Å². The molecule has 2 aromatic heterocycles. The molecule has 11 nitrogen and oxygen atoms in total. The predicted molar refractivity (Wildman–Crippen MR) is 129 cm³/mol. The van der Waals surface area contributed by atoms with Gasteiger partial charge in [-0.3, -0.25) is 18.7 Å². The third kappa shape index (κ3) is 5.62. The van der Waals surface area contributed by atoms with Crippen LogP contribution in [0.5, 0.6) is 11.8 Å². The summed E-state index contributed by atoms with van der Waals surface area (Å²) in [6.07, 6.45) is -6.00. The molecule has 1 aliphatic rings. The number of carbonyl (C=O) groups excluding carboxylic acids is 2. The Morgan fingerprint density at radius 1 is 1.16 bits per heavy atom. The van der Waals surface area contributed by atoms with E-state index < -0.39 is 30.1 Å². The van der Waals surface area contributed by atoms with Gasteiger partial charge in [-0.25, -0.2) is 4.79 Å². The van der Waals surface area contributed by atoms with Gasteiger partial charge in [0.05, 0.1) is 13.0 Å². The molecule has 0 saturated carbocycles. The number of rotatable bonds is 6. The van der Waals surface area contributed by atoms with Crippen molar-refractivity contribution >= 4 is 29.1 Å². The highest BCUT2D eigenvalue weighted by atomic mass is 19.4. The van der Waals surface area contributed by atoms with E-state index in [1.54, 1.807) is 17.6 Å². The summed E-state index contributed by atoms with van der Waals surface area (Å²) in [5, 5.41) is 3.26. The van der Waals surface area contributed by atoms with Crippen LogP contribution in [0.25, 0.3) is 11.2 Å². The van der Waals surface area contributed by atoms with Crippen LogP contribution < -0.4 is 20.5 Å². The number of carbonyl (C=O) groups is 2. The Balaban J connectivity index is 1.68. The van der Waals surface area contributed by atoms with Crippen LogP contribution in [0, 0.1) is 11.8 Å². The molecule has 0 aliphatic carbocycles. The van der Waals surface area contributed by atoms with Gasteiger partial charge in [-0.1, -0.05) is 24.1 Å². The van der Waals surface area contributed by atoms with Crippen molar-refractivity contribution in [2.24, 2.45) is 7.05 Å². The first-order chi connectivity index (χ1) is 18.1. The van der Waals surface area contributed by atoms with Crippen molar-refractivity contribution in [3.63, 3.8) is 0 Å². The molecule has 0 radical (unpaired) electrons. The van der Waals surface area contributed by atoms with Gasteiger partial charge >= 0.3 is 24.1 Å². The van der Waals surface area contributed by atoms with Crippen molar-refractivity contribution in [1.29, 1.82) is 0 Å². The van der Waals surface area contributed by atoms with Gasteiger partial charge in [-0.15, -0.1) is 5.92 Å². The number of halogens is 3. The highest BCUT2D eigenvalue weighted by Crippen LogP contribution is 2.27. The van der Waals surface area contributed by atoms with E-state index in [1.807, 2.05) is 4.90 Å². The number of fused-ring (bicyclic) bond motifs is 1. The summed E-state index contributed by atoms with van der Waals surface area (Å²) in [5.41, 5.74) is 0.0254. The van der Waals surface area contributed by atoms with Gasteiger partial charge in [0.15, 0.2) is 11.2 Å². The molecule has 0 unspecified atom stereocenters. The van der Waals surface area contributed by atoms with Gasteiger partial charge in [0.2, 0.25) is 5.95 Å². The lowest BCUT2D eigenvalue weighted by atomic mass is 10.1. The molecule has 0 atom stereocenters. The molecule has 1 N–H and O–H groups in total. The minimum Gasteiger partial charge on any atom is -0.425 e. The third-order valence-electron chi connectivity index (χ3n) is 5.69. The third-order valence-corrected chi connectivity index (χ3v) is 5.69. The molecule has 14 heteroatoms. The molecular formula is C24H23F3N6O5. The minimum atomic E-state index is -5.31. The quantitative estimate of drug-likeness (QED) is 0.286. The van der Waals surface area contributed by atoms with Crippen LogP contribution in [0.2, 0.25) is 0 Å². The van der Waals surface area contributed by atoms with Crippen LogP contribution in [0.15, 0.2) is 29.1 Å². The highest BCUT2D eigenvalue weighted by Gasteiger charge is 2.42. The summed E-state index contributed by atoms with van der Waals surface area (Å²) in [7, 11) is 1.44. The SMILES string of the molecule is CC#CCn1c(N2CCNCC2)nc2nc(Oc3ccccc3CC(=O)OC(=O)C(F)(F)F)n(C)c(=O)c21. The molecule has 0 amide bonds. The van der Waals surface area contributed by atoms with Crippen molar-refractivity contribution in [2.75, 3.05) is 31.1 Å². The van der Waals surface area contributed by atoms with Gasteiger partial charge in [-0.05, 0) is 13.0 Å². The van der Waals surface area contributed by atoms with E-state index in [2.05, 4.69) is 31.9 Å². The first-order valence-corrected chi connectivity index (χ1v) is 11.5. The Bertz CT molecular complexity index is 1500. The monoisotopic (exact) mass is 532 g/mol. The molecule has 3 aromatic rings. The summed E-state index contributed by atoms with van der Waals surface area (Å²) in [6.45, 7) is 4.76. The fourth-order valence-electron chi connectivity index (χ4n) is 3.84. The molecular weight excluding hydrogens is 509 g/mol. The van der Waals surface area contributed by atoms with Gasteiger partial charge < -0.3 is 19.7 Å². The maximum Gasteiger partial charge on any atom is 0.491 e. The Morgan fingerprint density at radius 3 is 2.55 bits per heavy atom. The second-order valence-electron chi connectivity index (χ2n) is 8.24. The number of imidazole rings is 1. The number of hydrogen-bond acceptors (Lipinski definition) is 9. The number of anilines is 1. The van der Waals surface area contributed by atoms with Crippen LogP contribution in [0.1, 0.15) is 12.5 Å². The average Bonchev–Trinajstić information content (AvgIpc) is 3.25. The van der Waals surface area contributed by atoms with Crippen molar-refractivity contribution in [2.45, 2.75) is 26.1 Å². The molecule has 38 heavy (non-hydrogen) atoms. The molecule has 0 spiro atoms. The van der Waals surface area contributed by atoms with E-state index in [-0.39, 0.29) is 35.0 Å². The number of piperazine rings is 1. The molecule has 1 saturated heterocycles. The zero-order chi connectivity index (χ0) is 27.4. The number of ether oxygens (including phenoxy) is 2. The molecule has 200 valence electrons. The molecule has 4 rings (SSSR count). The Labute approximate surface area is 214 Å². The zero-order valence-electron chi connectivity index (χ0n) is 20.5. The Kier molecular flexibility index (Phi) is 7.67. The topological polar surface area (TPSA) is 121 Å². The van der Waals surface area contributed by atoms with Gasteiger partial charge in [0.1, 0.15) is 5.75 Å². The van der Waals surface area contributed by atoms with Crippen molar-refractivity contribution < 1.29 is 32.2 Å². The normalized spacial score (nSPS) is 13.7. The fraction of sp³-hybridized carbons (Fsp3) is 0.375. The van der Waals surface area contributed by atoms with Gasteiger partial charge in [-0.2, -0.15) is 23.1 Å². The predicted octanol–water partition coefficient (Wildman–Crippen LogP) is 1.53. The number of hydrogen-bond donors (Lipinski definition) is 1. The van der Waals surface area contributed by atoms with Gasteiger partial charge in [0.25, 0.3) is 5.56 Å². The second kappa shape index (κ2) is 10.9. The summed E-state index contributed by atoms with van der Waals surface area (Å²) in [4.78, 5) is 47.3. The van der Waals surface area contributed by atoms with E-state index in [0.717, 1.165) is 17.7 Å². The van der Waals surface area contributed by atoms with Crippen molar-refractivity contribution in [1.82, 2.24) is 24.4 Å². The summed E-state index contributed by atoms with van der Waals surface area (Å²) in [6, 6.07) is 5.76. The number of alkyl halides is 3. The van der Waals surface area contributed by atoms with Crippen LogP contribution >= 0.6 is 0 Å². The summed E-state index contributed by atoms with van der Waals surface area (Å²) < 4.78 is 49.8. The van der Waals surface area contributed by atoms with Gasteiger partial charge in [0, 0.05) is 38.8 Å². The maximum absolute atomic E-state index is 13.4. The Morgan fingerprint density at radius 2 is 1.87 bits per heavy atom. The lowest BCUT2D eigenvalue weighted by Crippen LogP contribution is -2.44. The van der Waals surface area contributed by atoms with Crippen LogP contribution in [0.3, 0.4) is 0 Å². The fourth-order valence-corrected chi connectivity index (χ4v) is 3.84. The molecule has 1 aliphatic heterocycles. The van der Waals surface area contributed by atoms with Crippen LogP contribution in [-0.4, -0.2) is 63.4 Å². The number of nitrogens with zero attached hydrogens (tertiary/aromatic N) is 5. The van der Waals surface area contributed by atoms with Crippen molar-refractivity contribution in [3.05, 3.63) is 40.2 Å². The lowest BCUT2D eigenvalue weighted by Gasteiger charge is -2.28. The zero-order valence-corrected chi connectivity index (χ0v) is 20.5. The lowest BCUT2D eigenvalue weighted by molar-refractivity contribution is -0.201. The van der Waals surface area contributed by atoms with E-state index >= 15 is 0 Å². The number of aromatic nitrogens is 4. The maximum atomic E-state index is 13.4. The number of benzene rings is 1. The van der Waals surface area contributed by atoms with E-state index in [4.69, 9.17) is 4.74 Å². The Hall–Kier alpha value is -4.38. The highest BCUT2D eigenvalue weighted by molar-refractivity contribution is 5.89. The molecule has 1 aromatic carbocycles. The number of para-hydroxylation sites is 1. The molecule has 0 bridgehead atoms. The van der Waals surface area contributed by atoms with E-state index in [9.17, 15) is 27.6 Å². The van der Waals surface area contributed by atoms with Crippen LogP contribution in [-0.2, 0) is 34.3 Å². The van der Waals surface area contributed by atoms with E-state index in [1.165, 1.54) is 25.2 Å². The molecule has 3 heterocycles. The first kappa shape index (κ1) is 26.7. The summed E-state index contributed by atoms with van der Waals surface area (Å²) >= 11 is 0. The summed E-state index contributed by atoms with van der Waals surface area (Å²) in [5.74, 6) is 2.32. The number of nitrogens with one attached hydrogen (secondary N) is 1. The molecule has 1 fully saturated rings. The van der Waals surface area contributed by atoms with E-state index in [0.29, 0.717) is 19.0 Å². The standard InChI is InChI=1S/C24H23F3N6O5/c1-3-4-11-33-18-19(29-22(33)32-12-9-28-10-13-32)30-23(31(2)20(18)35)37-16-8-6-5-7-15(16)14-17(34)38-21(36)24(25,26)27/h5-8,28H,9-14H2,1-2H3. The smallest absolute Gasteiger partial charge is 0.425 e. The average molecular weight is 532 g/mol. The second-order valence-corrected chi connectivity index (χ2v) is 8.24. The largest absolute Gasteiger partial charge is 0.491 e.